The molecule has 0 unspecified atom stereocenters. The number of nitrogens with zero attached hydrogens (tertiary/aromatic N) is 1. The molecule has 2 N–H and O–H groups in total. The third kappa shape index (κ3) is 4.32. The van der Waals surface area contributed by atoms with Crippen LogP contribution in [0.5, 0.6) is 11.5 Å². The Labute approximate surface area is 157 Å². The molecule has 9 heteroatoms. The second-order valence-corrected chi connectivity index (χ2v) is 7.33. The number of aromatic nitrogens is 1. The van der Waals surface area contributed by atoms with Crippen LogP contribution < -0.4 is 19.5 Å². The predicted octanol–water partition coefficient (Wildman–Crippen LogP) is 3.54. The average molecular weight is 389 g/mol. The van der Waals surface area contributed by atoms with Gasteiger partial charge in [-0.3, -0.25) is 4.72 Å². The van der Waals surface area contributed by atoms with Crippen molar-refractivity contribution in [3.63, 3.8) is 0 Å². The number of rotatable bonds is 7. The van der Waals surface area contributed by atoms with Crippen LogP contribution in [0.3, 0.4) is 0 Å². The van der Waals surface area contributed by atoms with Crippen LogP contribution in [0.25, 0.3) is 0 Å². The zero-order valence-electron chi connectivity index (χ0n) is 15.0. The molecule has 3 rings (SSSR count). The van der Waals surface area contributed by atoms with Crippen LogP contribution in [0.2, 0.25) is 0 Å². The molecule has 142 valence electrons. The summed E-state index contributed by atoms with van der Waals surface area (Å²) in [4.78, 5) is 0.0698. The topological polar surface area (TPSA) is 103 Å². The second-order valence-electron chi connectivity index (χ2n) is 5.65. The van der Waals surface area contributed by atoms with E-state index in [0.29, 0.717) is 28.8 Å². The van der Waals surface area contributed by atoms with E-state index in [2.05, 4.69) is 15.2 Å². The molecule has 0 bridgehead atoms. The largest absolute Gasteiger partial charge is 0.493 e. The van der Waals surface area contributed by atoms with Gasteiger partial charge in [0.1, 0.15) is 5.76 Å². The molecular formula is C18H19N3O5S. The zero-order chi connectivity index (χ0) is 19.4. The summed E-state index contributed by atoms with van der Waals surface area (Å²) in [5.74, 6) is 2.06. The van der Waals surface area contributed by atoms with E-state index in [0.717, 1.165) is 5.69 Å². The van der Waals surface area contributed by atoms with E-state index in [1.54, 1.807) is 43.3 Å². The molecule has 0 aliphatic heterocycles. The summed E-state index contributed by atoms with van der Waals surface area (Å²) in [7, 11) is -0.838. The van der Waals surface area contributed by atoms with E-state index in [1.165, 1.54) is 26.4 Å². The monoisotopic (exact) mass is 389 g/mol. The Morgan fingerprint density at radius 2 is 1.59 bits per heavy atom. The lowest BCUT2D eigenvalue weighted by molar-refractivity contribution is 0.354. The van der Waals surface area contributed by atoms with Gasteiger partial charge in [0.2, 0.25) is 0 Å². The van der Waals surface area contributed by atoms with E-state index in [4.69, 9.17) is 14.0 Å². The summed E-state index contributed by atoms with van der Waals surface area (Å²) in [5, 5.41) is 6.90. The summed E-state index contributed by atoms with van der Waals surface area (Å²) in [6.45, 7) is 1.80. The van der Waals surface area contributed by atoms with Crippen LogP contribution in [-0.2, 0) is 10.0 Å². The minimum Gasteiger partial charge on any atom is -0.493 e. The first kappa shape index (κ1) is 18.6. The molecule has 0 amide bonds. The van der Waals surface area contributed by atoms with E-state index < -0.39 is 10.0 Å². The maximum atomic E-state index is 12.6. The van der Waals surface area contributed by atoms with Gasteiger partial charge in [0.15, 0.2) is 17.3 Å². The van der Waals surface area contributed by atoms with Gasteiger partial charge in [-0.05, 0) is 43.3 Å². The fourth-order valence-electron chi connectivity index (χ4n) is 2.39. The van der Waals surface area contributed by atoms with Crippen molar-refractivity contribution >= 4 is 27.2 Å². The van der Waals surface area contributed by atoms with Gasteiger partial charge in [-0.15, -0.1) is 0 Å². The average Bonchev–Trinajstić information content (AvgIpc) is 3.07. The lowest BCUT2D eigenvalue weighted by atomic mass is 10.3. The van der Waals surface area contributed by atoms with E-state index in [1.807, 2.05) is 0 Å². The van der Waals surface area contributed by atoms with Crippen LogP contribution in [0.15, 0.2) is 57.9 Å². The molecule has 0 radical (unpaired) electrons. The highest BCUT2D eigenvalue weighted by molar-refractivity contribution is 7.92. The molecule has 8 nitrogen and oxygen atoms in total. The molecule has 0 atom stereocenters. The lowest BCUT2D eigenvalue weighted by Crippen LogP contribution is -2.13. The highest BCUT2D eigenvalue weighted by Crippen LogP contribution is 2.30. The molecule has 0 saturated carbocycles. The van der Waals surface area contributed by atoms with Crippen LogP contribution in [0.1, 0.15) is 5.76 Å². The minimum absolute atomic E-state index is 0.0698. The van der Waals surface area contributed by atoms with Crippen LogP contribution in [0, 0.1) is 6.92 Å². The Kier molecular flexibility index (Phi) is 5.22. The van der Waals surface area contributed by atoms with E-state index in [9.17, 15) is 8.42 Å². The van der Waals surface area contributed by atoms with Gasteiger partial charge in [0.25, 0.3) is 10.0 Å². The molecule has 1 heterocycles. The molecule has 0 fully saturated rings. The summed E-state index contributed by atoms with van der Waals surface area (Å²) >= 11 is 0. The fraction of sp³-hybridized carbons (Fsp3) is 0.167. The van der Waals surface area contributed by atoms with Gasteiger partial charge in [0.05, 0.1) is 19.1 Å². The number of ether oxygens (including phenoxy) is 2. The molecule has 3 aromatic rings. The van der Waals surface area contributed by atoms with Crippen molar-refractivity contribution in [3.8, 4) is 11.5 Å². The quantitative estimate of drug-likeness (QED) is 0.637. The van der Waals surface area contributed by atoms with Crippen LogP contribution in [0.4, 0.5) is 17.2 Å². The molecule has 27 heavy (non-hydrogen) atoms. The Morgan fingerprint density at radius 1 is 0.926 bits per heavy atom. The maximum Gasteiger partial charge on any atom is 0.262 e. The first-order chi connectivity index (χ1) is 12.9. The van der Waals surface area contributed by atoms with Gasteiger partial charge in [-0.1, -0.05) is 5.16 Å². The summed E-state index contributed by atoms with van der Waals surface area (Å²) in [6, 6.07) is 12.9. The number of sulfonamides is 1. The zero-order valence-corrected chi connectivity index (χ0v) is 15.8. The molecule has 1 aromatic heterocycles. The normalized spacial score (nSPS) is 11.1. The second kappa shape index (κ2) is 7.58. The lowest BCUT2D eigenvalue weighted by Gasteiger charge is -2.12. The molecule has 0 spiro atoms. The number of anilines is 3. The standard InChI is InChI=1S/C18H19N3O5S/c1-12-10-18(20-26-12)19-13-4-6-14(7-5-13)21-27(22,23)15-8-9-16(24-2)17(11-15)25-3/h4-11,21H,1-3H3,(H,19,20). The first-order valence-electron chi connectivity index (χ1n) is 7.96. The van der Waals surface area contributed by atoms with Crippen molar-refractivity contribution in [2.24, 2.45) is 0 Å². The van der Waals surface area contributed by atoms with Crippen molar-refractivity contribution < 1.29 is 22.4 Å². The minimum atomic E-state index is -3.77. The Balaban J connectivity index is 1.75. The molecule has 0 saturated heterocycles. The number of nitrogens with one attached hydrogen (secondary N) is 2. The predicted molar refractivity (Wildman–Crippen MR) is 101 cm³/mol. The van der Waals surface area contributed by atoms with Crippen LogP contribution >= 0.6 is 0 Å². The molecule has 2 aromatic carbocycles. The van der Waals surface area contributed by atoms with Gasteiger partial charge < -0.3 is 19.3 Å². The summed E-state index contributed by atoms with van der Waals surface area (Å²) in [5.41, 5.74) is 1.17. The van der Waals surface area contributed by atoms with Gasteiger partial charge in [-0.2, -0.15) is 0 Å². The van der Waals surface area contributed by atoms with Crippen molar-refractivity contribution in [2.75, 3.05) is 24.3 Å². The first-order valence-corrected chi connectivity index (χ1v) is 9.45. The Hall–Kier alpha value is -3.20. The third-order valence-corrected chi connectivity index (χ3v) is 5.08. The van der Waals surface area contributed by atoms with Gasteiger partial charge >= 0.3 is 0 Å². The fourth-order valence-corrected chi connectivity index (χ4v) is 3.47. The van der Waals surface area contributed by atoms with Crippen molar-refractivity contribution in [2.45, 2.75) is 11.8 Å². The maximum absolute atomic E-state index is 12.6. The van der Waals surface area contributed by atoms with Gasteiger partial charge in [0, 0.05) is 23.5 Å². The van der Waals surface area contributed by atoms with E-state index in [-0.39, 0.29) is 4.90 Å². The number of benzene rings is 2. The molecular weight excluding hydrogens is 370 g/mol. The Bertz CT molecular complexity index is 1030. The smallest absolute Gasteiger partial charge is 0.262 e. The SMILES string of the molecule is COc1ccc(S(=O)(=O)Nc2ccc(Nc3cc(C)on3)cc2)cc1OC. The number of methoxy groups -OCH3 is 2. The van der Waals surface area contributed by atoms with Crippen molar-refractivity contribution in [1.82, 2.24) is 5.16 Å². The number of hydrogen-bond acceptors (Lipinski definition) is 7. The third-order valence-electron chi connectivity index (χ3n) is 3.70. The number of hydrogen-bond donors (Lipinski definition) is 2. The summed E-state index contributed by atoms with van der Waals surface area (Å²) in [6.07, 6.45) is 0. The highest BCUT2D eigenvalue weighted by atomic mass is 32.2. The van der Waals surface area contributed by atoms with Crippen molar-refractivity contribution in [3.05, 3.63) is 54.3 Å². The molecule has 0 aliphatic carbocycles. The van der Waals surface area contributed by atoms with E-state index >= 15 is 0 Å². The Morgan fingerprint density at radius 3 is 2.19 bits per heavy atom. The number of aryl methyl sites for hydroxylation is 1. The summed E-state index contributed by atoms with van der Waals surface area (Å²) < 4.78 is 43.0. The highest BCUT2D eigenvalue weighted by Gasteiger charge is 2.17. The van der Waals surface area contributed by atoms with Gasteiger partial charge in [-0.25, -0.2) is 8.42 Å². The van der Waals surface area contributed by atoms with Crippen molar-refractivity contribution in [1.29, 1.82) is 0 Å². The molecule has 0 aliphatic rings. The van der Waals surface area contributed by atoms with Crippen LogP contribution in [-0.4, -0.2) is 27.8 Å².